The normalized spacial score (nSPS) is 22.3. The first-order chi connectivity index (χ1) is 8.97. The molecule has 1 aromatic rings. The summed E-state index contributed by atoms with van der Waals surface area (Å²) in [5, 5.41) is 4.80. The summed E-state index contributed by atoms with van der Waals surface area (Å²) in [6, 6.07) is 5.83. The maximum Gasteiger partial charge on any atom is 0.253 e. The molecule has 2 rings (SSSR count). The molecule has 1 aromatic carbocycles. The van der Waals surface area contributed by atoms with Crippen LogP contribution >= 0.6 is 23.4 Å². The van der Waals surface area contributed by atoms with E-state index in [9.17, 15) is 4.79 Å². The first kappa shape index (κ1) is 14.5. The summed E-state index contributed by atoms with van der Waals surface area (Å²) >= 11 is 8.17. The van der Waals surface area contributed by atoms with Gasteiger partial charge in [-0.2, -0.15) is 11.8 Å². The van der Waals surface area contributed by atoms with E-state index < -0.39 is 0 Å². The molecule has 19 heavy (non-hydrogen) atoms. The van der Waals surface area contributed by atoms with Gasteiger partial charge in [-0.1, -0.05) is 18.5 Å². The van der Waals surface area contributed by atoms with Crippen molar-refractivity contribution < 1.29 is 4.79 Å². The number of halogens is 1. The van der Waals surface area contributed by atoms with Crippen LogP contribution in [0.2, 0.25) is 5.02 Å². The highest BCUT2D eigenvalue weighted by molar-refractivity contribution is 8.00. The number of amides is 1. The molecule has 0 aliphatic carbocycles. The van der Waals surface area contributed by atoms with Crippen molar-refractivity contribution in [3.8, 4) is 0 Å². The second kappa shape index (κ2) is 6.06. The molecule has 5 heteroatoms. The molecule has 3 nitrogen and oxygen atoms in total. The van der Waals surface area contributed by atoms with E-state index in [2.05, 4.69) is 12.2 Å². The third kappa shape index (κ3) is 3.57. The summed E-state index contributed by atoms with van der Waals surface area (Å²) in [5.74, 6) is 1.08. The summed E-state index contributed by atoms with van der Waals surface area (Å²) in [7, 11) is 3.50. The minimum Gasteiger partial charge on any atom is -0.380 e. The van der Waals surface area contributed by atoms with Crippen LogP contribution in [-0.2, 0) is 0 Å². The van der Waals surface area contributed by atoms with Crippen LogP contribution in [0.4, 0.5) is 5.69 Å². The number of carbonyl (C=O) groups is 1. The topological polar surface area (TPSA) is 32.3 Å². The third-order valence-electron chi connectivity index (χ3n) is 3.18. The zero-order valence-corrected chi connectivity index (χ0v) is 13.0. The van der Waals surface area contributed by atoms with E-state index in [0.717, 1.165) is 17.9 Å². The van der Waals surface area contributed by atoms with Crippen LogP contribution in [0.5, 0.6) is 0 Å². The van der Waals surface area contributed by atoms with E-state index >= 15 is 0 Å². The van der Waals surface area contributed by atoms with Crippen LogP contribution in [0.15, 0.2) is 18.2 Å². The fraction of sp³-hybridized carbons (Fsp3) is 0.500. The largest absolute Gasteiger partial charge is 0.380 e. The first-order valence-electron chi connectivity index (χ1n) is 6.36. The molecule has 1 aliphatic heterocycles. The average Bonchev–Trinajstić information content (AvgIpc) is 2.76. The van der Waals surface area contributed by atoms with Gasteiger partial charge in [0.1, 0.15) is 0 Å². The molecule has 0 aromatic heterocycles. The lowest BCUT2D eigenvalue weighted by Gasteiger charge is -2.17. The first-order valence-corrected chi connectivity index (χ1v) is 7.79. The molecule has 104 valence electrons. The molecule has 0 bridgehead atoms. The van der Waals surface area contributed by atoms with Gasteiger partial charge in [0, 0.05) is 36.7 Å². The van der Waals surface area contributed by atoms with E-state index in [1.54, 1.807) is 31.1 Å². The number of anilines is 1. The quantitative estimate of drug-likeness (QED) is 0.929. The van der Waals surface area contributed by atoms with Crippen molar-refractivity contribution in [2.45, 2.75) is 24.6 Å². The number of thioether (sulfide) groups is 1. The molecule has 1 saturated heterocycles. The van der Waals surface area contributed by atoms with Crippen molar-refractivity contribution in [2.24, 2.45) is 0 Å². The second-order valence-electron chi connectivity index (χ2n) is 5.12. The highest BCUT2D eigenvalue weighted by atomic mass is 35.5. The summed E-state index contributed by atoms with van der Waals surface area (Å²) in [4.78, 5) is 13.5. The van der Waals surface area contributed by atoms with E-state index in [4.69, 9.17) is 11.6 Å². The molecule has 2 atom stereocenters. The maximum absolute atomic E-state index is 11.9. The number of nitrogens with zero attached hydrogens (tertiary/aromatic N) is 1. The predicted octanol–water partition coefficient (Wildman–Crippen LogP) is 3.35. The lowest BCUT2D eigenvalue weighted by atomic mass is 10.1. The molecule has 1 aliphatic rings. The van der Waals surface area contributed by atoms with Gasteiger partial charge >= 0.3 is 0 Å². The highest BCUT2D eigenvalue weighted by Gasteiger charge is 2.22. The molecule has 1 fully saturated rings. The zero-order valence-electron chi connectivity index (χ0n) is 11.4. The summed E-state index contributed by atoms with van der Waals surface area (Å²) in [6.45, 7) is 2.24. The summed E-state index contributed by atoms with van der Waals surface area (Å²) in [5.41, 5.74) is 1.52. The summed E-state index contributed by atoms with van der Waals surface area (Å²) in [6.07, 6.45) is 1.13. The SMILES string of the molecule is CC1CC(Nc2cc(C(=O)N(C)C)ccc2Cl)CS1. The number of hydrogen-bond acceptors (Lipinski definition) is 3. The van der Waals surface area contributed by atoms with Gasteiger partial charge in [-0.3, -0.25) is 4.79 Å². The third-order valence-corrected chi connectivity index (χ3v) is 4.86. The van der Waals surface area contributed by atoms with Crippen LogP contribution < -0.4 is 5.32 Å². The number of rotatable bonds is 3. The Kier molecular flexibility index (Phi) is 4.63. The Morgan fingerprint density at radius 3 is 2.79 bits per heavy atom. The zero-order chi connectivity index (χ0) is 14.0. The second-order valence-corrected chi connectivity index (χ2v) is 6.99. The van der Waals surface area contributed by atoms with Crippen molar-refractivity contribution in [1.29, 1.82) is 0 Å². The van der Waals surface area contributed by atoms with Crippen molar-refractivity contribution in [3.05, 3.63) is 28.8 Å². The van der Waals surface area contributed by atoms with Gasteiger partial charge in [-0.15, -0.1) is 0 Å². The van der Waals surface area contributed by atoms with Crippen LogP contribution in [0.3, 0.4) is 0 Å². The van der Waals surface area contributed by atoms with Gasteiger partial charge in [0.15, 0.2) is 0 Å². The lowest BCUT2D eigenvalue weighted by Crippen LogP contribution is -2.23. The van der Waals surface area contributed by atoms with Gasteiger partial charge in [0.25, 0.3) is 5.91 Å². The van der Waals surface area contributed by atoms with Gasteiger partial charge in [-0.05, 0) is 24.6 Å². The van der Waals surface area contributed by atoms with Crippen molar-refractivity contribution in [2.75, 3.05) is 25.2 Å². The Labute approximate surface area is 123 Å². The molecule has 1 N–H and O–H groups in total. The standard InChI is InChI=1S/C14H19ClN2OS/c1-9-6-11(8-19-9)16-13-7-10(4-5-12(13)15)14(18)17(2)3/h4-5,7,9,11,16H,6,8H2,1-3H3. The van der Waals surface area contributed by atoms with Crippen LogP contribution in [-0.4, -0.2) is 41.9 Å². The van der Waals surface area contributed by atoms with Gasteiger partial charge < -0.3 is 10.2 Å². The van der Waals surface area contributed by atoms with E-state index in [0.29, 0.717) is 21.9 Å². The minimum atomic E-state index is -0.00567. The molecule has 0 radical (unpaired) electrons. The summed E-state index contributed by atoms with van der Waals surface area (Å²) < 4.78 is 0. The van der Waals surface area contributed by atoms with Gasteiger partial charge in [0.05, 0.1) is 10.7 Å². The average molecular weight is 299 g/mol. The Balaban J connectivity index is 2.15. The van der Waals surface area contributed by atoms with E-state index in [-0.39, 0.29) is 5.91 Å². The van der Waals surface area contributed by atoms with E-state index in [1.807, 2.05) is 17.8 Å². The molecule has 2 unspecified atom stereocenters. The smallest absolute Gasteiger partial charge is 0.253 e. The number of nitrogens with one attached hydrogen (secondary N) is 1. The fourth-order valence-corrected chi connectivity index (χ4v) is 3.49. The molecule has 1 amide bonds. The molecular weight excluding hydrogens is 280 g/mol. The minimum absolute atomic E-state index is 0.00567. The predicted molar refractivity (Wildman–Crippen MR) is 83.4 cm³/mol. The van der Waals surface area contributed by atoms with Crippen LogP contribution in [0.25, 0.3) is 0 Å². The van der Waals surface area contributed by atoms with Crippen molar-refractivity contribution >= 4 is 35.0 Å². The van der Waals surface area contributed by atoms with Crippen LogP contribution in [0.1, 0.15) is 23.7 Å². The number of benzene rings is 1. The Bertz CT molecular complexity index is 479. The highest BCUT2D eigenvalue weighted by Crippen LogP contribution is 2.31. The Morgan fingerprint density at radius 2 is 2.21 bits per heavy atom. The fourth-order valence-electron chi connectivity index (χ4n) is 2.16. The lowest BCUT2D eigenvalue weighted by molar-refractivity contribution is 0.0827. The monoisotopic (exact) mass is 298 g/mol. The van der Waals surface area contributed by atoms with Gasteiger partial charge in [-0.25, -0.2) is 0 Å². The maximum atomic E-state index is 11.9. The van der Waals surface area contributed by atoms with Crippen molar-refractivity contribution in [1.82, 2.24) is 4.90 Å². The molecular formula is C14H19ClN2OS. The van der Waals surface area contributed by atoms with Crippen LogP contribution in [0, 0.1) is 0 Å². The molecule has 0 spiro atoms. The molecule has 1 heterocycles. The number of carbonyl (C=O) groups excluding carboxylic acids is 1. The van der Waals surface area contributed by atoms with Gasteiger partial charge in [0.2, 0.25) is 0 Å². The van der Waals surface area contributed by atoms with Crippen molar-refractivity contribution in [3.63, 3.8) is 0 Å². The number of hydrogen-bond donors (Lipinski definition) is 1. The Hall–Kier alpha value is -0.870. The van der Waals surface area contributed by atoms with E-state index in [1.165, 1.54) is 0 Å². The molecule has 0 saturated carbocycles. The Morgan fingerprint density at radius 1 is 1.47 bits per heavy atom.